The molecule has 0 saturated heterocycles. The van der Waals surface area contributed by atoms with Gasteiger partial charge in [-0.1, -0.05) is 58.0 Å². The topological polar surface area (TPSA) is 138 Å². The van der Waals surface area contributed by atoms with Crippen molar-refractivity contribution in [3.63, 3.8) is 0 Å². The highest BCUT2D eigenvalue weighted by molar-refractivity contribution is 8.76. The van der Waals surface area contributed by atoms with E-state index >= 15 is 0 Å². The number of aliphatic carboxylic acids is 2. The van der Waals surface area contributed by atoms with Crippen molar-refractivity contribution in [3.05, 3.63) is 71.8 Å². The first kappa shape index (κ1) is 23.5. The molecule has 0 aromatic heterocycles. The van der Waals surface area contributed by atoms with Crippen LogP contribution in [0.2, 0.25) is 0 Å². The van der Waals surface area contributed by atoms with E-state index < -0.39 is 35.8 Å². The number of hydrogen-bond acceptors (Lipinski definition) is 7. The molecule has 0 radical (unpaired) electrons. The van der Waals surface area contributed by atoms with E-state index in [1.165, 1.54) is 24.3 Å². The number of carbonyl (C=O) groups is 4. The summed E-state index contributed by atoms with van der Waals surface area (Å²) in [6, 6.07) is 13.3. The van der Waals surface area contributed by atoms with Crippen molar-refractivity contribution in [1.29, 1.82) is 0 Å². The van der Waals surface area contributed by atoms with E-state index in [1.807, 2.05) is 0 Å². The van der Waals surface area contributed by atoms with E-state index in [0.717, 1.165) is 26.5 Å². The molecule has 0 fully saturated rings. The van der Waals surface area contributed by atoms with Crippen molar-refractivity contribution >= 4 is 45.3 Å². The summed E-state index contributed by atoms with van der Waals surface area (Å²) in [5, 5.41) is 18.6. The lowest BCUT2D eigenvalue weighted by molar-refractivity contribution is -0.141. The Morgan fingerprint density at radius 1 is 0.767 bits per heavy atom. The normalized spacial score (nSPS) is 12.6. The molecule has 2 aromatic rings. The molecule has 0 spiro atoms. The molecule has 0 aliphatic carbocycles. The number of nitrogens with two attached hydrogens (primary N) is 1. The zero-order valence-corrected chi connectivity index (χ0v) is 17.3. The number of nitrogens with zero attached hydrogens (tertiary/aromatic N) is 1. The summed E-state index contributed by atoms with van der Waals surface area (Å²) in [6.07, 6.45) is 0. The minimum absolute atomic E-state index is 0.0472. The van der Waals surface area contributed by atoms with Crippen LogP contribution < -0.4 is 5.73 Å². The maximum Gasteiger partial charge on any atom is 0.327 e. The second-order valence-electron chi connectivity index (χ2n) is 6.08. The largest absolute Gasteiger partial charge is 0.480 e. The van der Waals surface area contributed by atoms with Crippen molar-refractivity contribution in [2.45, 2.75) is 12.1 Å². The molecule has 30 heavy (non-hydrogen) atoms. The van der Waals surface area contributed by atoms with Crippen LogP contribution in [0.4, 0.5) is 0 Å². The minimum atomic E-state index is -1.45. The number of carbonyl (C=O) groups excluding carboxylic acids is 2. The second-order valence-corrected chi connectivity index (χ2v) is 8.63. The van der Waals surface area contributed by atoms with Gasteiger partial charge in [-0.2, -0.15) is 0 Å². The lowest BCUT2D eigenvalue weighted by Crippen LogP contribution is -2.50. The summed E-state index contributed by atoms with van der Waals surface area (Å²) >= 11 is 0. The maximum atomic E-state index is 13.1. The number of amides is 2. The predicted molar refractivity (Wildman–Crippen MR) is 115 cm³/mol. The summed E-state index contributed by atoms with van der Waals surface area (Å²) in [4.78, 5) is 49.6. The van der Waals surface area contributed by atoms with Gasteiger partial charge in [0.1, 0.15) is 12.1 Å². The van der Waals surface area contributed by atoms with Gasteiger partial charge in [0.05, 0.1) is 0 Å². The third kappa shape index (κ3) is 6.34. The Hall–Kier alpha value is -2.82. The Morgan fingerprint density at radius 3 is 1.60 bits per heavy atom. The number of carboxylic acid groups (broad SMARTS) is 2. The summed E-state index contributed by atoms with van der Waals surface area (Å²) < 4.78 is 0. The second kappa shape index (κ2) is 11.4. The highest BCUT2D eigenvalue weighted by Crippen LogP contribution is 2.26. The van der Waals surface area contributed by atoms with Gasteiger partial charge in [-0.15, -0.1) is 0 Å². The predicted octanol–water partition coefficient (Wildman–Crippen LogP) is 2.22. The maximum absolute atomic E-state index is 13.1. The van der Waals surface area contributed by atoms with Gasteiger partial charge in [-0.3, -0.25) is 19.3 Å². The van der Waals surface area contributed by atoms with Crippen molar-refractivity contribution in [1.82, 2.24) is 4.90 Å². The molecule has 0 heterocycles. The van der Waals surface area contributed by atoms with Gasteiger partial charge in [0, 0.05) is 22.6 Å². The number of rotatable bonds is 10. The van der Waals surface area contributed by atoms with Crippen LogP contribution >= 0.6 is 21.6 Å². The molecule has 2 amide bonds. The first-order valence-corrected chi connectivity index (χ1v) is 11.2. The molecule has 2 rings (SSSR count). The Morgan fingerprint density at radius 2 is 1.20 bits per heavy atom. The molecule has 0 aliphatic heterocycles. The Kier molecular flexibility index (Phi) is 8.90. The van der Waals surface area contributed by atoms with Crippen LogP contribution in [-0.2, 0) is 9.59 Å². The fraction of sp³-hybridized carbons (Fsp3) is 0.200. The van der Waals surface area contributed by atoms with Crippen LogP contribution in [0.5, 0.6) is 0 Å². The quantitative estimate of drug-likeness (QED) is 0.284. The highest BCUT2D eigenvalue weighted by Gasteiger charge is 2.36. The molecule has 2 atom stereocenters. The van der Waals surface area contributed by atoms with Crippen molar-refractivity contribution in [2.24, 2.45) is 5.73 Å². The molecule has 158 valence electrons. The van der Waals surface area contributed by atoms with Gasteiger partial charge < -0.3 is 15.9 Å². The third-order valence-corrected chi connectivity index (χ3v) is 6.38. The Labute approximate surface area is 180 Å². The summed E-state index contributed by atoms with van der Waals surface area (Å²) in [5.41, 5.74) is 5.79. The molecule has 2 unspecified atom stereocenters. The van der Waals surface area contributed by atoms with Gasteiger partial charge in [0.2, 0.25) is 0 Å². The molecule has 2 aromatic carbocycles. The smallest absolute Gasteiger partial charge is 0.327 e. The van der Waals surface area contributed by atoms with Crippen LogP contribution in [0.3, 0.4) is 0 Å². The summed E-state index contributed by atoms with van der Waals surface area (Å²) in [7, 11) is 2.10. The molecular formula is C20H20N2O6S2. The number of imide groups is 1. The van der Waals surface area contributed by atoms with E-state index in [2.05, 4.69) is 0 Å². The molecule has 0 bridgehead atoms. The van der Waals surface area contributed by atoms with Crippen LogP contribution in [0.15, 0.2) is 60.7 Å². The monoisotopic (exact) mass is 448 g/mol. The van der Waals surface area contributed by atoms with E-state index in [9.17, 15) is 24.3 Å². The Bertz CT molecular complexity index is 843. The molecule has 8 nitrogen and oxygen atoms in total. The first-order chi connectivity index (χ1) is 14.3. The third-order valence-electron chi connectivity index (χ3n) is 3.95. The van der Waals surface area contributed by atoms with Crippen LogP contribution in [0, 0.1) is 0 Å². The van der Waals surface area contributed by atoms with Gasteiger partial charge in [0.15, 0.2) is 0 Å². The van der Waals surface area contributed by atoms with Crippen LogP contribution in [0.25, 0.3) is 0 Å². The first-order valence-electron chi connectivity index (χ1n) is 8.76. The lowest BCUT2D eigenvalue weighted by Gasteiger charge is -2.27. The molecule has 4 N–H and O–H groups in total. The van der Waals surface area contributed by atoms with E-state index in [-0.39, 0.29) is 22.6 Å². The fourth-order valence-corrected chi connectivity index (χ4v) is 4.68. The minimum Gasteiger partial charge on any atom is -0.480 e. The van der Waals surface area contributed by atoms with Crippen molar-refractivity contribution in [3.8, 4) is 0 Å². The SMILES string of the molecule is NC(CSSCC(C(=O)O)N(C(=O)c1ccccc1)C(=O)c1ccccc1)C(=O)O. The standard InChI is InChI=1S/C20H20N2O6S2/c21-15(19(25)26)11-29-30-12-16(20(27)28)22(17(23)13-7-3-1-4-8-13)18(24)14-9-5-2-6-10-14/h1-10,15-16H,11-12,21H2,(H,25,26)(H,27,28). The number of carboxylic acids is 2. The van der Waals surface area contributed by atoms with E-state index in [1.54, 1.807) is 36.4 Å². The number of benzene rings is 2. The van der Waals surface area contributed by atoms with Crippen LogP contribution in [0.1, 0.15) is 20.7 Å². The Balaban J connectivity index is 2.27. The van der Waals surface area contributed by atoms with Gasteiger partial charge in [0.25, 0.3) is 11.8 Å². The van der Waals surface area contributed by atoms with Gasteiger partial charge in [-0.25, -0.2) is 4.79 Å². The zero-order valence-electron chi connectivity index (χ0n) is 15.7. The van der Waals surface area contributed by atoms with Crippen LogP contribution in [-0.4, -0.2) is 62.5 Å². The fourth-order valence-electron chi connectivity index (χ4n) is 2.38. The average Bonchev–Trinajstić information content (AvgIpc) is 2.75. The average molecular weight is 449 g/mol. The van der Waals surface area contributed by atoms with Gasteiger partial charge >= 0.3 is 11.9 Å². The molecular weight excluding hydrogens is 428 g/mol. The zero-order chi connectivity index (χ0) is 22.1. The van der Waals surface area contributed by atoms with Gasteiger partial charge in [-0.05, 0) is 24.3 Å². The molecule has 10 heteroatoms. The van der Waals surface area contributed by atoms with Crippen molar-refractivity contribution < 1.29 is 29.4 Å². The highest BCUT2D eigenvalue weighted by atomic mass is 33.1. The molecule has 0 saturated carbocycles. The number of hydrogen-bond donors (Lipinski definition) is 3. The van der Waals surface area contributed by atoms with E-state index in [0.29, 0.717) is 0 Å². The molecule has 0 aliphatic rings. The lowest BCUT2D eigenvalue weighted by atomic mass is 10.1. The summed E-state index contributed by atoms with van der Waals surface area (Å²) in [5.74, 6) is -4.07. The van der Waals surface area contributed by atoms with E-state index in [4.69, 9.17) is 10.8 Å². The summed E-state index contributed by atoms with van der Waals surface area (Å²) in [6.45, 7) is 0. The van der Waals surface area contributed by atoms with Crippen molar-refractivity contribution in [2.75, 3.05) is 11.5 Å².